The summed E-state index contributed by atoms with van der Waals surface area (Å²) in [7, 11) is -0.312. The van der Waals surface area contributed by atoms with Crippen molar-refractivity contribution in [1.29, 1.82) is 0 Å². The average molecular weight is 367 g/mol. The van der Waals surface area contributed by atoms with Crippen LogP contribution in [0.15, 0.2) is 34.3 Å². The largest absolute Gasteiger partial charge is 0.306 e. The molecule has 1 aromatic carbocycles. The van der Waals surface area contributed by atoms with Crippen LogP contribution in [0.4, 0.5) is 0 Å². The van der Waals surface area contributed by atoms with Crippen molar-refractivity contribution in [3.8, 4) is 0 Å². The van der Waals surface area contributed by atoms with Gasteiger partial charge in [0.05, 0.1) is 4.90 Å². The second kappa shape index (κ2) is 7.25. The van der Waals surface area contributed by atoms with Crippen molar-refractivity contribution in [3.63, 3.8) is 0 Å². The van der Waals surface area contributed by atoms with Gasteiger partial charge in [0, 0.05) is 32.8 Å². The number of rotatable bonds is 5. The summed E-state index contributed by atoms with van der Waals surface area (Å²) in [6.07, 6.45) is 4.56. The maximum absolute atomic E-state index is 12.2. The highest BCUT2D eigenvalue weighted by Crippen LogP contribution is 2.26. The first-order chi connectivity index (χ1) is 11.5. The molecule has 1 aromatic heterocycles. The fraction of sp³-hybridized carbons (Fsp3) is 0.500. The maximum atomic E-state index is 12.2. The van der Waals surface area contributed by atoms with Crippen LogP contribution in [-0.4, -0.2) is 41.6 Å². The Bertz CT molecular complexity index is 815. The topological polar surface area (TPSA) is 68.1 Å². The molecule has 0 spiro atoms. The van der Waals surface area contributed by atoms with E-state index in [0.29, 0.717) is 10.6 Å². The molecule has 0 unspecified atom stereocenters. The standard InChI is InChI=1S/C16H22N4O2S2/c1-19(2)24(21,22)14-8-6-7-13(11-14)12-23-16-18-17-15-9-4-3-5-10-20(15)16/h6-8,11H,3-5,9-10,12H2,1-2H3. The van der Waals surface area contributed by atoms with Crippen molar-refractivity contribution in [1.82, 2.24) is 19.1 Å². The van der Waals surface area contributed by atoms with Gasteiger partial charge in [0.1, 0.15) is 5.82 Å². The normalized spacial score (nSPS) is 15.3. The number of benzene rings is 1. The molecule has 0 radical (unpaired) electrons. The summed E-state index contributed by atoms with van der Waals surface area (Å²) in [5, 5.41) is 9.53. The number of aromatic nitrogens is 3. The Morgan fingerprint density at radius 2 is 2.04 bits per heavy atom. The summed E-state index contributed by atoms with van der Waals surface area (Å²) < 4.78 is 27.9. The zero-order valence-electron chi connectivity index (χ0n) is 14.0. The van der Waals surface area contributed by atoms with Gasteiger partial charge in [-0.2, -0.15) is 0 Å². The number of hydrogen-bond donors (Lipinski definition) is 0. The number of fused-ring (bicyclic) bond motifs is 1. The van der Waals surface area contributed by atoms with E-state index < -0.39 is 10.0 Å². The van der Waals surface area contributed by atoms with Gasteiger partial charge in [0.2, 0.25) is 10.0 Å². The van der Waals surface area contributed by atoms with Gasteiger partial charge in [-0.15, -0.1) is 10.2 Å². The van der Waals surface area contributed by atoms with Crippen molar-refractivity contribution in [2.24, 2.45) is 0 Å². The van der Waals surface area contributed by atoms with Crippen LogP contribution in [0.3, 0.4) is 0 Å². The van der Waals surface area contributed by atoms with Gasteiger partial charge >= 0.3 is 0 Å². The Hall–Kier alpha value is -1.38. The Balaban J connectivity index is 1.75. The van der Waals surface area contributed by atoms with Crippen LogP contribution < -0.4 is 0 Å². The van der Waals surface area contributed by atoms with Gasteiger partial charge in [-0.3, -0.25) is 0 Å². The first kappa shape index (κ1) is 17.4. The van der Waals surface area contributed by atoms with E-state index in [9.17, 15) is 8.42 Å². The predicted octanol–water partition coefficient (Wildman–Crippen LogP) is 2.55. The van der Waals surface area contributed by atoms with Gasteiger partial charge in [-0.1, -0.05) is 30.3 Å². The molecule has 2 aromatic rings. The molecule has 8 heteroatoms. The van der Waals surface area contributed by atoms with Crippen LogP contribution >= 0.6 is 11.8 Å². The summed E-state index contributed by atoms with van der Waals surface area (Å²) in [5.74, 6) is 1.74. The molecule has 3 rings (SSSR count). The summed E-state index contributed by atoms with van der Waals surface area (Å²) in [6.45, 7) is 0.972. The predicted molar refractivity (Wildman–Crippen MR) is 94.5 cm³/mol. The summed E-state index contributed by atoms with van der Waals surface area (Å²) in [6, 6.07) is 7.10. The molecular weight excluding hydrogens is 344 g/mol. The van der Waals surface area contributed by atoms with E-state index in [0.717, 1.165) is 35.9 Å². The third-order valence-electron chi connectivity index (χ3n) is 4.12. The molecule has 130 valence electrons. The molecular formula is C16H22N4O2S2. The number of hydrogen-bond acceptors (Lipinski definition) is 5. The molecule has 0 bridgehead atoms. The second-order valence-corrected chi connectivity index (χ2v) is 9.18. The molecule has 0 fully saturated rings. The Labute approximate surface area is 147 Å². The molecule has 24 heavy (non-hydrogen) atoms. The molecule has 0 aliphatic carbocycles. The third-order valence-corrected chi connectivity index (χ3v) is 6.97. The molecule has 0 saturated carbocycles. The molecule has 1 aliphatic heterocycles. The molecule has 0 N–H and O–H groups in total. The number of thioether (sulfide) groups is 1. The minimum atomic E-state index is -3.40. The van der Waals surface area contributed by atoms with Crippen LogP contribution in [0.25, 0.3) is 0 Å². The van der Waals surface area contributed by atoms with Crippen LogP contribution in [0.5, 0.6) is 0 Å². The zero-order valence-corrected chi connectivity index (χ0v) is 15.6. The van der Waals surface area contributed by atoms with Crippen LogP contribution in [0.2, 0.25) is 0 Å². The molecule has 0 amide bonds. The molecule has 0 saturated heterocycles. The van der Waals surface area contributed by atoms with Crippen LogP contribution in [0.1, 0.15) is 30.7 Å². The Kier molecular flexibility index (Phi) is 5.27. The van der Waals surface area contributed by atoms with Gasteiger partial charge in [0.15, 0.2) is 5.16 Å². The molecule has 2 heterocycles. The third kappa shape index (κ3) is 3.65. The van der Waals surface area contributed by atoms with Crippen LogP contribution in [0, 0.1) is 0 Å². The minimum Gasteiger partial charge on any atom is -0.306 e. The van der Waals surface area contributed by atoms with Gasteiger partial charge in [-0.25, -0.2) is 12.7 Å². The lowest BCUT2D eigenvalue weighted by Crippen LogP contribution is -2.22. The maximum Gasteiger partial charge on any atom is 0.242 e. The van der Waals surface area contributed by atoms with E-state index in [1.807, 2.05) is 6.07 Å². The summed E-state index contributed by atoms with van der Waals surface area (Å²) in [4.78, 5) is 0.325. The lowest BCUT2D eigenvalue weighted by molar-refractivity contribution is 0.520. The van der Waals surface area contributed by atoms with Crippen molar-refractivity contribution in [3.05, 3.63) is 35.7 Å². The lowest BCUT2D eigenvalue weighted by Gasteiger charge is -2.12. The van der Waals surface area contributed by atoms with E-state index >= 15 is 0 Å². The Morgan fingerprint density at radius 3 is 2.83 bits per heavy atom. The van der Waals surface area contributed by atoms with Crippen molar-refractivity contribution >= 4 is 21.8 Å². The molecule has 6 nitrogen and oxygen atoms in total. The lowest BCUT2D eigenvalue weighted by atomic mass is 10.2. The number of aryl methyl sites for hydroxylation is 1. The van der Waals surface area contributed by atoms with E-state index in [-0.39, 0.29) is 0 Å². The van der Waals surface area contributed by atoms with Gasteiger partial charge in [-0.05, 0) is 30.5 Å². The fourth-order valence-corrected chi connectivity index (χ4v) is 4.62. The first-order valence-electron chi connectivity index (χ1n) is 8.05. The van der Waals surface area contributed by atoms with Crippen molar-refractivity contribution in [2.45, 2.75) is 48.0 Å². The van der Waals surface area contributed by atoms with E-state index in [2.05, 4.69) is 14.8 Å². The first-order valence-corrected chi connectivity index (χ1v) is 10.5. The van der Waals surface area contributed by atoms with E-state index in [4.69, 9.17) is 0 Å². The van der Waals surface area contributed by atoms with Crippen molar-refractivity contribution < 1.29 is 8.42 Å². The monoisotopic (exact) mass is 366 g/mol. The van der Waals surface area contributed by atoms with Gasteiger partial charge in [0.25, 0.3) is 0 Å². The SMILES string of the molecule is CN(C)S(=O)(=O)c1cccc(CSc2nnc3n2CCCCC3)c1. The smallest absolute Gasteiger partial charge is 0.242 e. The van der Waals surface area contributed by atoms with Crippen molar-refractivity contribution in [2.75, 3.05) is 14.1 Å². The highest BCUT2D eigenvalue weighted by atomic mass is 32.2. The molecule has 0 atom stereocenters. The molecule has 1 aliphatic rings. The highest BCUT2D eigenvalue weighted by Gasteiger charge is 2.18. The second-order valence-electron chi connectivity index (χ2n) is 6.08. The number of nitrogens with zero attached hydrogens (tertiary/aromatic N) is 4. The summed E-state index contributed by atoms with van der Waals surface area (Å²) in [5.41, 5.74) is 0.967. The van der Waals surface area contributed by atoms with Crippen LogP contribution in [-0.2, 0) is 28.7 Å². The van der Waals surface area contributed by atoms with E-state index in [1.54, 1.807) is 44.1 Å². The zero-order chi connectivity index (χ0) is 17.2. The van der Waals surface area contributed by atoms with E-state index in [1.165, 1.54) is 17.1 Å². The Morgan fingerprint density at radius 1 is 1.21 bits per heavy atom. The van der Waals surface area contributed by atoms with Gasteiger partial charge < -0.3 is 4.57 Å². The average Bonchev–Trinajstić information content (AvgIpc) is 2.79. The fourth-order valence-electron chi connectivity index (χ4n) is 2.72. The quantitative estimate of drug-likeness (QED) is 0.761. The number of sulfonamides is 1. The summed E-state index contributed by atoms with van der Waals surface area (Å²) >= 11 is 1.61. The minimum absolute atomic E-state index is 0.325. The highest BCUT2D eigenvalue weighted by molar-refractivity contribution is 7.98.